The number of halogens is 3. The molecule has 2 unspecified atom stereocenters. The Balaban J connectivity index is 1.43. The minimum atomic E-state index is -4.70. The van der Waals surface area contributed by atoms with Gasteiger partial charge >= 0.3 is 6.36 Å². The molecule has 6 nitrogen and oxygen atoms in total. The first-order chi connectivity index (χ1) is 12.9. The Morgan fingerprint density at radius 1 is 1.30 bits per heavy atom. The molecule has 1 aliphatic carbocycles. The number of para-hydroxylation sites is 1. The normalized spacial score (nSPS) is 23.9. The number of benzene rings is 1. The van der Waals surface area contributed by atoms with Crippen molar-refractivity contribution in [3.05, 3.63) is 29.8 Å². The van der Waals surface area contributed by atoms with E-state index in [0.29, 0.717) is 24.5 Å². The molecule has 9 heteroatoms. The van der Waals surface area contributed by atoms with Crippen LogP contribution in [0.4, 0.5) is 13.2 Å². The lowest BCUT2D eigenvalue weighted by molar-refractivity contribution is -0.274. The molecule has 150 valence electrons. The summed E-state index contributed by atoms with van der Waals surface area (Å²) in [6, 6.07) is 6.20. The monoisotopic (exact) mass is 386 g/mol. The average Bonchev–Trinajstić information content (AvgIpc) is 3.37. The largest absolute Gasteiger partial charge is 0.573 e. The third kappa shape index (κ3) is 6.28. The lowest BCUT2D eigenvalue weighted by atomic mass is 10.1. The van der Waals surface area contributed by atoms with Gasteiger partial charge in [-0.25, -0.2) is 0 Å². The lowest BCUT2D eigenvalue weighted by Crippen LogP contribution is -2.37. The summed E-state index contributed by atoms with van der Waals surface area (Å²) < 4.78 is 47.0. The van der Waals surface area contributed by atoms with E-state index >= 15 is 0 Å². The Labute approximate surface area is 156 Å². The first-order valence-corrected chi connectivity index (χ1v) is 9.13. The number of guanidine groups is 1. The number of nitrogens with one attached hydrogen (secondary N) is 1. The molecule has 1 aromatic rings. The fourth-order valence-electron chi connectivity index (χ4n) is 3.26. The number of hydrogen-bond acceptors (Lipinski definition) is 4. The molecule has 3 rings (SSSR count). The predicted molar refractivity (Wildman–Crippen MR) is 95.8 cm³/mol. The number of aliphatic imine (C=N–C) groups is 1. The van der Waals surface area contributed by atoms with Gasteiger partial charge in [-0.1, -0.05) is 18.2 Å². The van der Waals surface area contributed by atoms with E-state index in [0.717, 1.165) is 39.3 Å². The molecule has 0 radical (unpaired) electrons. The Morgan fingerprint density at radius 3 is 2.78 bits per heavy atom. The molecule has 27 heavy (non-hydrogen) atoms. The highest BCUT2D eigenvalue weighted by molar-refractivity contribution is 5.78. The van der Waals surface area contributed by atoms with Crippen molar-refractivity contribution in [2.24, 2.45) is 10.7 Å². The van der Waals surface area contributed by atoms with Crippen LogP contribution in [-0.2, 0) is 4.74 Å². The SMILES string of the molecule is NC(=NCCCN1CCOCC1)NC1CC1c1ccccc1OC(F)(F)F. The van der Waals surface area contributed by atoms with Gasteiger partial charge in [-0.15, -0.1) is 13.2 Å². The van der Waals surface area contributed by atoms with Crippen molar-refractivity contribution < 1.29 is 22.6 Å². The molecule has 0 spiro atoms. The van der Waals surface area contributed by atoms with Crippen molar-refractivity contribution in [2.45, 2.75) is 31.2 Å². The number of alkyl halides is 3. The molecule has 1 saturated carbocycles. The van der Waals surface area contributed by atoms with Gasteiger partial charge in [0.05, 0.1) is 13.2 Å². The fraction of sp³-hybridized carbons (Fsp3) is 0.611. The van der Waals surface area contributed by atoms with Crippen molar-refractivity contribution in [1.29, 1.82) is 0 Å². The highest BCUT2D eigenvalue weighted by Gasteiger charge is 2.42. The van der Waals surface area contributed by atoms with Gasteiger partial charge in [-0.2, -0.15) is 0 Å². The van der Waals surface area contributed by atoms with Gasteiger partial charge < -0.3 is 20.5 Å². The van der Waals surface area contributed by atoms with E-state index in [1.807, 2.05) is 0 Å². The molecule has 1 heterocycles. The number of nitrogens with zero attached hydrogens (tertiary/aromatic N) is 2. The highest BCUT2D eigenvalue weighted by Crippen LogP contribution is 2.45. The summed E-state index contributed by atoms with van der Waals surface area (Å²) in [6.45, 7) is 5.00. The van der Waals surface area contributed by atoms with Crippen molar-refractivity contribution in [2.75, 3.05) is 39.4 Å². The second-order valence-corrected chi connectivity index (χ2v) is 6.75. The predicted octanol–water partition coefficient (Wildman–Crippen LogP) is 2.07. The van der Waals surface area contributed by atoms with Crippen LogP contribution < -0.4 is 15.8 Å². The molecule has 2 atom stereocenters. The number of rotatable bonds is 7. The number of hydrogen-bond donors (Lipinski definition) is 2. The quantitative estimate of drug-likeness (QED) is 0.426. The standard InChI is InChI=1S/C18H25F3N4O2/c19-18(20,21)27-16-5-2-1-4-13(16)14-12-15(14)24-17(22)23-6-3-7-25-8-10-26-11-9-25/h1-2,4-5,14-15H,3,6-12H2,(H3,22,23,24). The topological polar surface area (TPSA) is 72.1 Å². The maximum atomic E-state index is 12.5. The van der Waals surface area contributed by atoms with Crippen LogP contribution in [0.1, 0.15) is 24.3 Å². The lowest BCUT2D eigenvalue weighted by Gasteiger charge is -2.26. The third-order valence-corrected chi connectivity index (χ3v) is 4.69. The number of ether oxygens (including phenoxy) is 2. The molecule has 2 aliphatic rings. The van der Waals surface area contributed by atoms with E-state index in [1.54, 1.807) is 12.1 Å². The Morgan fingerprint density at radius 2 is 2.04 bits per heavy atom. The van der Waals surface area contributed by atoms with Crippen LogP contribution in [0.3, 0.4) is 0 Å². The summed E-state index contributed by atoms with van der Waals surface area (Å²) in [4.78, 5) is 6.64. The van der Waals surface area contributed by atoms with E-state index in [-0.39, 0.29) is 17.7 Å². The maximum Gasteiger partial charge on any atom is 0.573 e. The smallest absolute Gasteiger partial charge is 0.405 e. The second kappa shape index (κ2) is 8.79. The Hall–Kier alpha value is -2.00. The summed E-state index contributed by atoms with van der Waals surface area (Å²) in [6.07, 6.45) is -3.10. The van der Waals surface area contributed by atoms with Gasteiger partial charge in [0.2, 0.25) is 0 Å². The first kappa shape index (κ1) is 19.8. The van der Waals surface area contributed by atoms with Crippen LogP contribution in [-0.4, -0.2) is 62.7 Å². The maximum absolute atomic E-state index is 12.5. The summed E-state index contributed by atoms with van der Waals surface area (Å²) in [5.41, 5.74) is 6.44. The van der Waals surface area contributed by atoms with Crippen molar-refractivity contribution in [3.63, 3.8) is 0 Å². The van der Waals surface area contributed by atoms with Crippen LogP contribution in [0.5, 0.6) is 5.75 Å². The zero-order valence-electron chi connectivity index (χ0n) is 15.0. The molecule has 1 aliphatic heterocycles. The number of nitrogens with two attached hydrogens (primary N) is 1. The summed E-state index contributed by atoms with van der Waals surface area (Å²) >= 11 is 0. The van der Waals surface area contributed by atoms with Crippen molar-refractivity contribution in [3.8, 4) is 5.75 Å². The highest BCUT2D eigenvalue weighted by atomic mass is 19.4. The Bertz CT molecular complexity index is 648. The first-order valence-electron chi connectivity index (χ1n) is 9.13. The van der Waals surface area contributed by atoms with E-state index in [4.69, 9.17) is 10.5 Å². The molecule has 1 saturated heterocycles. The van der Waals surface area contributed by atoms with Gasteiger partial charge in [0.15, 0.2) is 5.96 Å². The summed E-state index contributed by atoms with van der Waals surface area (Å²) in [5, 5.41) is 3.09. The zero-order valence-corrected chi connectivity index (χ0v) is 15.0. The van der Waals surface area contributed by atoms with E-state index in [9.17, 15) is 13.2 Å². The van der Waals surface area contributed by atoms with Gasteiger partial charge in [0, 0.05) is 38.1 Å². The summed E-state index contributed by atoms with van der Waals surface area (Å²) in [5.74, 6) is 0.115. The minimum Gasteiger partial charge on any atom is -0.405 e. The van der Waals surface area contributed by atoms with Gasteiger partial charge in [0.1, 0.15) is 5.75 Å². The molecule has 3 N–H and O–H groups in total. The Kier molecular flexibility index (Phi) is 6.43. The summed E-state index contributed by atoms with van der Waals surface area (Å²) in [7, 11) is 0. The van der Waals surface area contributed by atoms with Crippen molar-refractivity contribution in [1.82, 2.24) is 10.2 Å². The molecular weight excluding hydrogens is 361 g/mol. The zero-order chi connectivity index (χ0) is 19.3. The molecule has 2 fully saturated rings. The van der Waals surface area contributed by atoms with Crippen LogP contribution in [0.25, 0.3) is 0 Å². The number of morpholine rings is 1. The third-order valence-electron chi connectivity index (χ3n) is 4.69. The van der Waals surface area contributed by atoms with Gasteiger partial charge in [-0.3, -0.25) is 9.89 Å². The van der Waals surface area contributed by atoms with Crippen LogP contribution in [0.15, 0.2) is 29.3 Å². The van der Waals surface area contributed by atoms with Gasteiger partial charge in [0.25, 0.3) is 0 Å². The molecule has 1 aromatic carbocycles. The molecule has 0 aromatic heterocycles. The molecule has 0 amide bonds. The van der Waals surface area contributed by atoms with E-state index < -0.39 is 6.36 Å². The average molecular weight is 386 g/mol. The van der Waals surface area contributed by atoms with E-state index in [2.05, 4.69) is 19.9 Å². The van der Waals surface area contributed by atoms with Crippen molar-refractivity contribution >= 4 is 5.96 Å². The van der Waals surface area contributed by atoms with Crippen LogP contribution in [0.2, 0.25) is 0 Å². The van der Waals surface area contributed by atoms with Crippen LogP contribution in [0, 0.1) is 0 Å². The second-order valence-electron chi connectivity index (χ2n) is 6.75. The van der Waals surface area contributed by atoms with Crippen LogP contribution >= 0.6 is 0 Å². The molecule has 0 bridgehead atoms. The fourth-order valence-corrected chi connectivity index (χ4v) is 3.26. The minimum absolute atomic E-state index is 0.0222. The van der Waals surface area contributed by atoms with Gasteiger partial charge in [-0.05, 0) is 24.5 Å². The van der Waals surface area contributed by atoms with E-state index in [1.165, 1.54) is 12.1 Å². The molecular formula is C18H25F3N4O2.